The first-order chi connectivity index (χ1) is 16.9. The monoisotopic (exact) mass is 512 g/mol. The molecule has 1 saturated heterocycles. The smallest absolute Gasteiger partial charge is 0.257 e. The molecular weight excluding hydrogens is 480 g/mol. The molecule has 2 aromatic carbocycles. The number of benzene rings is 2. The molecule has 9 nitrogen and oxygen atoms in total. The van der Waals surface area contributed by atoms with Crippen LogP contribution >= 0.6 is 0 Å². The molecule has 3 N–H and O–H groups in total. The number of carbonyl (C=O) groups excluding carboxylic acids is 1. The molecule has 36 heavy (non-hydrogen) atoms. The molecule has 1 fully saturated rings. The van der Waals surface area contributed by atoms with Crippen LogP contribution in [0, 0.1) is 12.8 Å². The van der Waals surface area contributed by atoms with E-state index in [0.717, 1.165) is 15.3 Å². The van der Waals surface area contributed by atoms with Crippen molar-refractivity contribution in [3.05, 3.63) is 63.9 Å². The number of anilines is 2. The lowest BCUT2D eigenvalue weighted by atomic mass is 9.91. The van der Waals surface area contributed by atoms with Crippen molar-refractivity contribution in [3.8, 4) is 0 Å². The minimum absolute atomic E-state index is 0.00656. The molecule has 0 aliphatic carbocycles. The summed E-state index contributed by atoms with van der Waals surface area (Å²) in [6, 6.07) is 11.2. The molecule has 2 heterocycles. The summed E-state index contributed by atoms with van der Waals surface area (Å²) < 4.78 is 26.8. The summed E-state index contributed by atoms with van der Waals surface area (Å²) in [6.07, 6.45) is 0.108. The number of aromatic nitrogens is 1. The summed E-state index contributed by atoms with van der Waals surface area (Å²) in [5, 5.41) is 14.0. The van der Waals surface area contributed by atoms with Crippen LogP contribution in [0.2, 0.25) is 0 Å². The van der Waals surface area contributed by atoms with Gasteiger partial charge in [0, 0.05) is 55.0 Å². The number of aliphatic hydroxyl groups excluding tert-OH is 1. The average Bonchev–Trinajstić information content (AvgIpc) is 2.81. The second kappa shape index (κ2) is 9.68. The molecule has 192 valence electrons. The Kier molecular flexibility index (Phi) is 6.96. The predicted molar refractivity (Wildman–Crippen MR) is 141 cm³/mol. The molecule has 0 radical (unpaired) electrons. The van der Waals surface area contributed by atoms with Gasteiger partial charge in [0.15, 0.2) is 0 Å². The summed E-state index contributed by atoms with van der Waals surface area (Å²) in [7, 11) is -0.874. The van der Waals surface area contributed by atoms with Gasteiger partial charge in [0.05, 0.1) is 16.6 Å². The van der Waals surface area contributed by atoms with E-state index in [4.69, 9.17) is 0 Å². The largest absolute Gasteiger partial charge is 0.393 e. The van der Waals surface area contributed by atoms with Crippen LogP contribution in [0.1, 0.15) is 36.2 Å². The Labute approximate surface area is 210 Å². The third-order valence-corrected chi connectivity index (χ3v) is 8.68. The van der Waals surface area contributed by atoms with E-state index in [-0.39, 0.29) is 28.0 Å². The fraction of sp³-hybridized carbons (Fsp3) is 0.385. The van der Waals surface area contributed by atoms with Gasteiger partial charge in [0.25, 0.3) is 5.91 Å². The van der Waals surface area contributed by atoms with Gasteiger partial charge in [-0.15, -0.1) is 0 Å². The number of nitrogens with zero attached hydrogens (tertiary/aromatic N) is 2. The highest BCUT2D eigenvalue weighted by atomic mass is 32.2. The molecule has 1 aromatic heterocycles. The zero-order valence-corrected chi connectivity index (χ0v) is 21.9. The maximum atomic E-state index is 13.6. The van der Waals surface area contributed by atoms with Gasteiger partial charge < -0.3 is 20.3 Å². The van der Waals surface area contributed by atoms with Gasteiger partial charge in [-0.05, 0) is 68.1 Å². The summed E-state index contributed by atoms with van der Waals surface area (Å²) in [6.45, 7) is 6.29. The summed E-state index contributed by atoms with van der Waals surface area (Å²) in [5.41, 5.74) is 2.59. The topological polar surface area (TPSA) is 123 Å². The number of aryl methyl sites for hydroxylation is 1. The maximum Gasteiger partial charge on any atom is 0.257 e. The van der Waals surface area contributed by atoms with Crippen LogP contribution in [0.4, 0.5) is 11.4 Å². The second-order valence-electron chi connectivity index (χ2n) is 9.78. The van der Waals surface area contributed by atoms with E-state index < -0.39 is 22.0 Å². The van der Waals surface area contributed by atoms with Crippen LogP contribution in [0.3, 0.4) is 0 Å². The number of sulfonamides is 1. The number of piperidine rings is 1. The number of carbonyl (C=O) groups is 1. The van der Waals surface area contributed by atoms with Gasteiger partial charge in [0.2, 0.25) is 15.6 Å². The fourth-order valence-corrected chi connectivity index (χ4v) is 5.60. The van der Waals surface area contributed by atoms with E-state index in [1.54, 1.807) is 24.3 Å². The van der Waals surface area contributed by atoms with E-state index in [1.165, 1.54) is 32.3 Å². The number of pyridine rings is 1. The number of aliphatic hydroxyl groups is 1. The molecule has 0 spiro atoms. The van der Waals surface area contributed by atoms with Crippen molar-refractivity contribution in [2.45, 2.75) is 44.2 Å². The number of hydrogen-bond donors (Lipinski definition) is 3. The first-order valence-corrected chi connectivity index (χ1v) is 13.3. The SMILES string of the molecule is Cc1cc(=O)[nH]c2ccc(NC(=O)c3cc(S(=O)(=O)N(C)C)ccc3N3CC(C)C(O)CC3C)cc12. The summed E-state index contributed by atoms with van der Waals surface area (Å²) in [5.74, 6) is -0.457. The Morgan fingerprint density at radius 3 is 2.56 bits per heavy atom. The van der Waals surface area contributed by atoms with E-state index in [0.29, 0.717) is 29.9 Å². The summed E-state index contributed by atoms with van der Waals surface area (Å²) in [4.78, 5) is 30.2. The molecule has 1 aliphatic heterocycles. The van der Waals surface area contributed by atoms with Crippen LogP contribution in [-0.4, -0.2) is 61.5 Å². The van der Waals surface area contributed by atoms with Crippen LogP contribution in [-0.2, 0) is 10.0 Å². The van der Waals surface area contributed by atoms with Crippen molar-refractivity contribution in [2.24, 2.45) is 5.92 Å². The lowest BCUT2D eigenvalue weighted by molar-refractivity contribution is 0.0839. The molecule has 10 heteroatoms. The number of nitrogens with one attached hydrogen (secondary N) is 2. The average molecular weight is 513 g/mol. The Morgan fingerprint density at radius 1 is 1.14 bits per heavy atom. The first kappa shape index (κ1) is 25.9. The lowest BCUT2D eigenvalue weighted by Gasteiger charge is -2.42. The summed E-state index contributed by atoms with van der Waals surface area (Å²) >= 11 is 0. The second-order valence-corrected chi connectivity index (χ2v) is 11.9. The van der Waals surface area contributed by atoms with Crippen molar-refractivity contribution in [2.75, 3.05) is 30.9 Å². The Balaban J connectivity index is 1.77. The molecule has 1 amide bonds. The van der Waals surface area contributed by atoms with Gasteiger partial charge in [-0.25, -0.2) is 12.7 Å². The van der Waals surface area contributed by atoms with E-state index >= 15 is 0 Å². The molecule has 3 atom stereocenters. The third-order valence-electron chi connectivity index (χ3n) is 6.86. The molecule has 3 unspecified atom stereocenters. The number of rotatable bonds is 5. The lowest BCUT2D eigenvalue weighted by Crippen LogP contribution is -2.48. The predicted octanol–water partition coefficient (Wildman–Crippen LogP) is 2.93. The van der Waals surface area contributed by atoms with Crippen LogP contribution in [0.5, 0.6) is 0 Å². The number of aromatic amines is 1. The number of amides is 1. The zero-order valence-electron chi connectivity index (χ0n) is 21.1. The van der Waals surface area contributed by atoms with Gasteiger partial charge in [0.1, 0.15) is 0 Å². The van der Waals surface area contributed by atoms with E-state index in [2.05, 4.69) is 10.3 Å². The number of H-pyrrole nitrogens is 1. The van der Waals surface area contributed by atoms with Gasteiger partial charge in [-0.3, -0.25) is 9.59 Å². The van der Waals surface area contributed by atoms with Crippen molar-refractivity contribution in [1.29, 1.82) is 0 Å². The molecule has 1 aliphatic rings. The minimum atomic E-state index is -3.76. The normalized spacial score (nSPS) is 20.6. The highest BCUT2D eigenvalue weighted by molar-refractivity contribution is 7.89. The molecule has 0 bridgehead atoms. The van der Waals surface area contributed by atoms with Crippen LogP contribution in [0.15, 0.2) is 52.2 Å². The van der Waals surface area contributed by atoms with Crippen LogP contribution < -0.4 is 15.8 Å². The minimum Gasteiger partial charge on any atom is -0.393 e. The van der Waals surface area contributed by atoms with Gasteiger partial charge in [-0.1, -0.05) is 6.92 Å². The standard InChI is InChI=1S/C26H32N4O5S/c1-15-10-25(32)28-22-8-6-18(12-20(15)22)27-26(33)21-13-19(36(34,35)29(4)5)7-9-23(21)30-14-16(2)24(31)11-17(30)3/h6-10,12-13,16-17,24,31H,11,14H2,1-5H3,(H,27,33)(H,28,32). The zero-order chi connectivity index (χ0) is 26.4. The van der Waals surface area contributed by atoms with Crippen molar-refractivity contribution in [1.82, 2.24) is 9.29 Å². The van der Waals surface area contributed by atoms with Gasteiger partial charge >= 0.3 is 0 Å². The highest BCUT2D eigenvalue weighted by Crippen LogP contribution is 2.33. The quantitative estimate of drug-likeness (QED) is 0.483. The number of fused-ring (bicyclic) bond motifs is 1. The van der Waals surface area contributed by atoms with E-state index in [9.17, 15) is 23.1 Å². The third kappa shape index (κ3) is 4.88. The molecular formula is C26H32N4O5S. The van der Waals surface area contributed by atoms with Gasteiger partial charge in [-0.2, -0.15) is 0 Å². The first-order valence-electron chi connectivity index (χ1n) is 11.8. The van der Waals surface area contributed by atoms with Crippen LogP contribution in [0.25, 0.3) is 10.9 Å². The Morgan fingerprint density at radius 2 is 1.86 bits per heavy atom. The van der Waals surface area contributed by atoms with Crippen molar-refractivity contribution in [3.63, 3.8) is 0 Å². The highest BCUT2D eigenvalue weighted by Gasteiger charge is 2.32. The molecule has 0 saturated carbocycles. The van der Waals surface area contributed by atoms with E-state index in [1.807, 2.05) is 25.7 Å². The Bertz CT molecular complexity index is 1480. The maximum absolute atomic E-state index is 13.6. The fourth-order valence-electron chi connectivity index (χ4n) is 4.67. The van der Waals surface area contributed by atoms with Crippen molar-refractivity contribution >= 4 is 38.2 Å². The Hall–Kier alpha value is -3.21. The molecule has 3 aromatic rings. The van der Waals surface area contributed by atoms with Crippen molar-refractivity contribution < 1.29 is 18.3 Å². The number of hydrogen-bond acceptors (Lipinski definition) is 6. The molecule has 4 rings (SSSR count).